The van der Waals surface area contributed by atoms with Crippen molar-refractivity contribution in [2.24, 2.45) is 5.41 Å². The molecule has 1 fully saturated rings. The number of halogens is 1. The normalized spacial score (nSPS) is 22.1. The summed E-state index contributed by atoms with van der Waals surface area (Å²) in [6.07, 6.45) is 4.62. The van der Waals surface area contributed by atoms with Crippen molar-refractivity contribution in [3.05, 3.63) is 24.0 Å². The summed E-state index contributed by atoms with van der Waals surface area (Å²) < 4.78 is 27.0. The van der Waals surface area contributed by atoms with Gasteiger partial charge in [-0.1, -0.05) is 6.92 Å². The smallest absolute Gasteiger partial charge is 0.242 e. The van der Waals surface area contributed by atoms with Gasteiger partial charge in [0.2, 0.25) is 10.0 Å². The van der Waals surface area contributed by atoms with Crippen LogP contribution in [0.15, 0.2) is 23.4 Å². The first kappa shape index (κ1) is 17.9. The second-order valence-electron chi connectivity index (χ2n) is 5.44. The average molecular weight is 331 g/mol. The van der Waals surface area contributed by atoms with Crippen molar-refractivity contribution in [1.29, 1.82) is 5.26 Å². The standard InChI is InChI=1S/C13H18N4O2S.ClH/c1-13(3-2-4-15-9-13)10-17-20(18,19)12-5-11(6-14)7-16-8-12;/h5,7-8,15,17H,2-4,9-10H2,1H3;1H. The summed E-state index contributed by atoms with van der Waals surface area (Å²) in [7, 11) is -3.62. The van der Waals surface area contributed by atoms with Gasteiger partial charge in [-0.3, -0.25) is 4.98 Å². The Labute approximate surface area is 131 Å². The van der Waals surface area contributed by atoms with Crippen molar-refractivity contribution in [2.45, 2.75) is 24.7 Å². The molecule has 2 heterocycles. The van der Waals surface area contributed by atoms with E-state index in [0.29, 0.717) is 6.54 Å². The van der Waals surface area contributed by atoms with Crippen LogP contribution in [-0.4, -0.2) is 33.0 Å². The quantitative estimate of drug-likeness (QED) is 0.860. The van der Waals surface area contributed by atoms with Crippen LogP contribution in [-0.2, 0) is 10.0 Å². The zero-order valence-electron chi connectivity index (χ0n) is 11.8. The molecule has 1 aromatic rings. The highest BCUT2D eigenvalue weighted by Crippen LogP contribution is 2.25. The van der Waals surface area contributed by atoms with Crippen molar-refractivity contribution in [1.82, 2.24) is 15.0 Å². The molecule has 1 aliphatic heterocycles. The van der Waals surface area contributed by atoms with Crippen LogP contribution in [0.25, 0.3) is 0 Å². The molecule has 116 valence electrons. The van der Waals surface area contributed by atoms with E-state index in [-0.39, 0.29) is 28.3 Å². The molecular weight excluding hydrogens is 312 g/mol. The second kappa shape index (κ2) is 7.18. The lowest BCUT2D eigenvalue weighted by molar-refractivity contribution is 0.238. The Morgan fingerprint density at radius 2 is 2.29 bits per heavy atom. The maximum absolute atomic E-state index is 12.2. The summed E-state index contributed by atoms with van der Waals surface area (Å²) >= 11 is 0. The first-order valence-corrected chi connectivity index (χ1v) is 7.99. The minimum absolute atomic E-state index is 0. The number of piperidine rings is 1. The molecular formula is C13H19ClN4O2S. The zero-order chi connectivity index (χ0) is 14.6. The Morgan fingerprint density at radius 1 is 1.52 bits per heavy atom. The minimum Gasteiger partial charge on any atom is -0.316 e. The van der Waals surface area contributed by atoms with Gasteiger partial charge in [0.15, 0.2) is 0 Å². The number of pyridine rings is 1. The van der Waals surface area contributed by atoms with Crippen LogP contribution in [0.5, 0.6) is 0 Å². The van der Waals surface area contributed by atoms with E-state index in [9.17, 15) is 8.42 Å². The van der Waals surface area contributed by atoms with Gasteiger partial charge in [0, 0.05) is 25.5 Å². The number of nitrogens with one attached hydrogen (secondary N) is 2. The highest BCUT2D eigenvalue weighted by molar-refractivity contribution is 7.89. The van der Waals surface area contributed by atoms with Gasteiger partial charge in [0.25, 0.3) is 0 Å². The van der Waals surface area contributed by atoms with Gasteiger partial charge >= 0.3 is 0 Å². The molecule has 2 N–H and O–H groups in total. The molecule has 0 aromatic carbocycles. The monoisotopic (exact) mass is 330 g/mol. The Morgan fingerprint density at radius 3 is 2.90 bits per heavy atom. The molecule has 1 aromatic heterocycles. The lowest BCUT2D eigenvalue weighted by Crippen LogP contribution is -2.45. The summed E-state index contributed by atoms with van der Waals surface area (Å²) in [5.41, 5.74) is 0.157. The third-order valence-corrected chi connectivity index (χ3v) is 4.90. The molecule has 1 aliphatic rings. The van der Waals surface area contributed by atoms with Crippen molar-refractivity contribution in [3.8, 4) is 6.07 Å². The van der Waals surface area contributed by atoms with E-state index < -0.39 is 10.0 Å². The third-order valence-electron chi connectivity index (χ3n) is 3.53. The SMILES string of the molecule is CC1(CNS(=O)(=O)c2cncc(C#N)c2)CCCNC1.Cl. The largest absolute Gasteiger partial charge is 0.316 e. The number of sulfonamides is 1. The topological polar surface area (TPSA) is 94.9 Å². The highest BCUT2D eigenvalue weighted by atomic mass is 35.5. The van der Waals surface area contributed by atoms with E-state index in [1.165, 1.54) is 18.5 Å². The van der Waals surface area contributed by atoms with E-state index in [0.717, 1.165) is 25.9 Å². The Bertz CT molecular complexity index is 621. The average Bonchev–Trinajstić information content (AvgIpc) is 2.46. The molecule has 8 heteroatoms. The molecule has 0 amide bonds. The predicted octanol–water partition coefficient (Wildman–Crippen LogP) is 1.04. The van der Waals surface area contributed by atoms with Gasteiger partial charge < -0.3 is 5.32 Å². The number of nitriles is 1. The van der Waals surface area contributed by atoms with Crippen molar-refractivity contribution in [3.63, 3.8) is 0 Å². The summed E-state index contributed by atoms with van der Waals surface area (Å²) in [6.45, 7) is 4.22. The van der Waals surface area contributed by atoms with Gasteiger partial charge in [0.05, 0.1) is 5.56 Å². The lowest BCUT2D eigenvalue weighted by atomic mass is 9.83. The number of hydrogen-bond acceptors (Lipinski definition) is 5. The first-order valence-electron chi connectivity index (χ1n) is 6.51. The van der Waals surface area contributed by atoms with Gasteiger partial charge in [-0.05, 0) is 30.9 Å². The molecule has 1 unspecified atom stereocenters. The number of aromatic nitrogens is 1. The minimum atomic E-state index is -3.62. The van der Waals surface area contributed by atoms with E-state index in [4.69, 9.17) is 5.26 Å². The third kappa shape index (κ3) is 4.64. The Kier molecular flexibility index (Phi) is 6.10. The van der Waals surface area contributed by atoms with Crippen molar-refractivity contribution >= 4 is 22.4 Å². The van der Waals surface area contributed by atoms with Gasteiger partial charge in [0.1, 0.15) is 11.0 Å². The Hall–Kier alpha value is -1.20. The van der Waals surface area contributed by atoms with Gasteiger partial charge in [-0.15, -0.1) is 12.4 Å². The van der Waals surface area contributed by atoms with E-state index in [2.05, 4.69) is 21.9 Å². The fraction of sp³-hybridized carbons (Fsp3) is 0.538. The van der Waals surface area contributed by atoms with Crippen LogP contribution in [0.3, 0.4) is 0 Å². The van der Waals surface area contributed by atoms with Crippen LogP contribution in [0, 0.1) is 16.7 Å². The fourth-order valence-corrected chi connectivity index (χ4v) is 3.44. The predicted molar refractivity (Wildman–Crippen MR) is 81.6 cm³/mol. The molecule has 1 saturated heterocycles. The lowest BCUT2D eigenvalue weighted by Gasteiger charge is -2.34. The van der Waals surface area contributed by atoms with Crippen molar-refractivity contribution in [2.75, 3.05) is 19.6 Å². The first-order chi connectivity index (χ1) is 9.45. The molecule has 0 spiro atoms. The van der Waals surface area contributed by atoms with Crippen LogP contribution in [0.2, 0.25) is 0 Å². The zero-order valence-corrected chi connectivity index (χ0v) is 13.4. The van der Waals surface area contributed by atoms with Gasteiger partial charge in [-0.2, -0.15) is 5.26 Å². The Balaban J connectivity index is 0.00000220. The molecule has 6 nitrogen and oxygen atoms in total. The summed E-state index contributed by atoms with van der Waals surface area (Å²) in [5.74, 6) is 0. The number of nitrogens with zero attached hydrogens (tertiary/aromatic N) is 2. The molecule has 0 radical (unpaired) electrons. The summed E-state index contributed by atoms with van der Waals surface area (Å²) in [5, 5.41) is 12.1. The van der Waals surface area contributed by atoms with E-state index >= 15 is 0 Å². The van der Waals surface area contributed by atoms with E-state index in [1.807, 2.05) is 6.07 Å². The molecule has 21 heavy (non-hydrogen) atoms. The van der Waals surface area contributed by atoms with Crippen molar-refractivity contribution < 1.29 is 8.42 Å². The van der Waals surface area contributed by atoms with Crippen LogP contribution in [0.1, 0.15) is 25.3 Å². The fourth-order valence-electron chi connectivity index (χ4n) is 2.25. The van der Waals surface area contributed by atoms with Gasteiger partial charge in [-0.25, -0.2) is 13.1 Å². The molecule has 2 rings (SSSR count). The van der Waals surface area contributed by atoms with Crippen LogP contribution in [0.4, 0.5) is 0 Å². The molecule has 0 aliphatic carbocycles. The number of hydrogen-bond donors (Lipinski definition) is 2. The maximum Gasteiger partial charge on any atom is 0.242 e. The maximum atomic E-state index is 12.2. The highest BCUT2D eigenvalue weighted by Gasteiger charge is 2.28. The second-order valence-corrected chi connectivity index (χ2v) is 7.20. The van der Waals surface area contributed by atoms with Crippen LogP contribution < -0.4 is 10.0 Å². The summed E-state index contributed by atoms with van der Waals surface area (Å²) in [4.78, 5) is 3.81. The molecule has 0 bridgehead atoms. The molecule has 0 saturated carbocycles. The van der Waals surface area contributed by atoms with Crippen LogP contribution >= 0.6 is 12.4 Å². The van der Waals surface area contributed by atoms with E-state index in [1.54, 1.807) is 0 Å². The number of rotatable bonds is 4. The summed E-state index contributed by atoms with van der Waals surface area (Å²) in [6, 6.07) is 3.22. The molecule has 1 atom stereocenters.